The summed E-state index contributed by atoms with van der Waals surface area (Å²) in [6.07, 6.45) is 5.83. The summed E-state index contributed by atoms with van der Waals surface area (Å²) in [4.78, 5) is 11.5. The van der Waals surface area contributed by atoms with Crippen molar-refractivity contribution in [2.45, 2.75) is 32.7 Å². The van der Waals surface area contributed by atoms with Crippen molar-refractivity contribution in [3.63, 3.8) is 0 Å². The molecule has 0 radical (unpaired) electrons. The largest absolute Gasteiger partial charge is 0.475 e. The Morgan fingerprint density at radius 3 is 2.73 bits per heavy atom. The van der Waals surface area contributed by atoms with Gasteiger partial charge in [-0.25, -0.2) is 9.98 Å². The molecule has 2 rings (SSSR count). The van der Waals surface area contributed by atoms with E-state index in [0.717, 1.165) is 31.2 Å². The van der Waals surface area contributed by atoms with Gasteiger partial charge < -0.3 is 25.0 Å². The zero-order chi connectivity index (χ0) is 18.5. The maximum Gasteiger partial charge on any atom is 0.213 e. The zero-order valence-corrected chi connectivity index (χ0v) is 16.2. The average Bonchev–Trinajstić information content (AvgIpc) is 2.68. The third-order valence-electron chi connectivity index (χ3n) is 4.27. The number of aliphatic imine (C=N–C) groups is 1. The molecule has 1 saturated heterocycles. The highest BCUT2D eigenvalue weighted by Crippen LogP contribution is 2.09. The molecule has 146 valence electrons. The Kier molecular flexibility index (Phi) is 9.82. The van der Waals surface area contributed by atoms with Crippen LogP contribution >= 0.6 is 0 Å². The Labute approximate surface area is 157 Å². The van der Waals surface area contributed by atoms with E-state index in [9.17, 15) is 0 Å². The van der Waals surface area contributed by atoms with Gasteiger partial charge in [-0.1, -0.05) is 12.5 Å². The van der Waals surface area contributed by atoms with Crippen LogP contribution in [-0.4, -0.2) is 68.9 Å². The van der Waals surface area contributed by atoms with Crippen LogP contribution in [-0.2, 0) is 11.3 Å². The van der Waals surface area contributed by atoms with E-state index in [1.807, 2.05) is 18.3 Å². The molecule has 1 aliphatic rings. The van der Waals surface area contributed by atoms with E-state index in [-0.39, 0.29) is 0 Å². The van der Waals surface area contributed by atoms with Crippen LogP contribution in [0.4, 0.5) is 0 Å². The summed E-state index contributed by atoms with van der Waals surface area (Å²) in [5.41, 5.74) is 1.05. The summed E-state index contributed by atoms with van der Waals surface area (Å²) in [5, 5.41) is 6.72. The topological polar surface area (TPSA) is 71.0 Å². The van der Waals surface area contributed by atoms with E-state index in [1.165, 1.54) is 32.4 Å². The van der Waals surface area contributed by atoms with Crippen LogP contribution in [0.15, 0.2) is 23.3 Å². The van der Waals surface area contributed by atoms with Crippen LogP contribution in [0.5, 0.6) is 5.88 Å². The summed E-state index contributed by atoms with van der Waals surface area (Å²) >= 11 is 0. The van der Waals surface area contributed by atoms with Crippen LogP contribution in [0.2, 0.25) is 0 Å². The molecular formula is C19H33N5O2. The smallest absolute Gasteiger partial charge is 0.213 e. The van der Waals surface area contributed by atoms with Crippen LogP contribution in [0.3, 0.4) is 0 Å². The predicted octanol–water partition coefficient (Wildman–Crippen LogP) is 1.65. The van der Waals surface area contributed by atoms with Crippen LogP contribution in [0.1, 0.15) is 31.7 Å². The van der Waals surface area contributed by atoms with Crippen LogP contribution in [0.25, 0.3) is 0 Å². The van der Waals surface area contributed by atoms with E-state index in [0.29, 0.717) is 25.6 Å². The van der Waals surface area contributed by atoms with Gasteiger partial charge in [-0.05, 0) is 38.4 Å². The lowest BCUT2D eigenvalue weighted by molar-refractivity contribution is 0.143. The Bertz CT molecular complexity index is 515. The SMILES string of the molecule is CCNC(=NCc1ccc(OCCOC)nc1)NCCN1CCCCC1. The molecule has 0 spiro atoms. The maximum absolute atomic E-state index is 5.48. The average molecular weight is 364 g/mol. The molecule has 1 aromatic heterocycles. The number of hydrogen-bond donors (Lipinski definition) is 2. The van der Waals surface area contributed by atoms with Crippen molar-refractivity contribution in [2.75, 3.05) is 53.0 Å². The molecule has 0 aliphatic carbocycles. The van der Waals surface area contributed by atoms with Gasteiger partial charge in [-0.15, -0.1) is 0 Å². The number of likely N-dealkylation sites (tertiary alicyclic amines) is 1. The molecule has 1 fully saturated rings. The molecule has 7 heteroatoms. The lowest BCUT2D eigenvalue weighted by Gasteiger charge is -2.26. The molecule has 0 atom stereocenters. The van der Waals surface area contributed by atoms with Gasteiger partial charge in [-0.2, -0.15) is 0 Å². The Hall–Kier alpha value is -1.86. The van der Waals surface area contributed by atoms with Crippen molar-refractivity contribution >= 4 is 5.96 Å². The lowest BCUT2D eigenvalue weighted by Crippen LogP contribution is -2.42. The second-order valence-electron chi connectivity index (χ2n) is 6.37. The van der Waals surface area contributed by atoms with Gasteiger partial charge in [0.2, 0.25) is 5.88 Å². The number of rotatable bonds is 10. The number of hydrogen-bond acceptors (Lipinski definition) is 5. The monoisotopic (exact) mass is 363 g/mol. The van der Waals surface area contributed by atoms with Crippen molar-refractivity contribution in [2.24, 2.45) is 4.99 Å². The summed E-state index contributed by atoms with van der Waals surface area (Å²) < 4.78 is 10.4. The minimum Gasteiger partial charge on any atom is -0.475 e. The number of pyridine rings is 1. The Morgan fingerprint density at radius 1 is 1.19 bits per heavy atom. The Balaban J connectivity index is 1.75. The highest BCUT2D eigenvalue weighted by molar-refractivity contribution is 5.79. The second-order valence-corrected chi connectivity index (χ2v) is 6.37. The van der Waals surface area contributed by atoms with Crippen molar-refractivity contribution in [1.29, 1.82) is 0 Å². The summed E-state index contributed by atoms with van der Waals surface area (Å²) in [6, 6.07) is 3.87. The number of guanidine groups is 1. The van der Waals surface area contributed by atoms with Gasteiger partial charge in [0.05, 0.1) is 13.2 Å². The van der Waals surface area contributed by atoms with E-state index in [1.54, 1.807) is 7.11 Å². The highest BCUT2D eigenvalue weighted by atomic mass is 16.5. The van der Waals surface area contributed by atoms with E-state index < -0.39 is 0 Å². The van der Waals surface area contributed by atoms with E-state index in [4.69, 9.17) is 9.47 Å². The predicted molar refractivity (Wildman–Crippen MR) is 105 cm³/mol. The summed E-state index contributed by atoms with van der Waals surface area (Å²) in [5.74, 6) is 1.46. The van der Waals surface area contributed by atoms with Gasteiger partial charge in [0.15, 0.2) is 5.96 Å². The maximum atomic E-state index is 5.48. The fourth-order valence-electron chi connectivity index (χ4n) is 2.85. The molecule has 2 heterocycles. The minimum absolute atomic E-state index is 0.506. The number of nitrogens with one attached hydrogen (secondary N) is 2. The quantitative estimate of drug-likeness (QED) is 0.374. The molecule has 1 aliphatic heterocycles. The minimum atomic E-state index is 0.506. The molecule has 1 aromatic rings. The molecular weight excluding hydrogens is 330 g/mol. The van der Waals surface area contributed by atoms with Crippen molar-refractivity contribution in [3.8, 4) is 5.88 Å². The van der Waals surface area contributed by atoms with Gasteiger partial charge >= 0.3 is 0 Å². The number of methoxy groups -OCH3 is 1. The van der Waals surface area contributed by atoms with Crippen LogP contribution in [0, 0.1) is 0 Å². The molecule has 0 amide bonds. The van der Waals surface area contributed by atoms with Crippen molar-refractivity contribution < 1.29 is 9.47 Å². The third-order valence-corrected chi connectivity index (χ3v) is 4.27. The molecule has 0 bridgehead atoms. The lowest BCUT2D eigenvalue weighted by atomic mass is 10.1. The van der Waals surface area contributed by atoms with E-state index in [2.05, 4.69) is 32.4 Å². The molecule has 2 N–H and O–H groups in total. The zero-order valence-electron chi connectivity index (χ0n) is 16.2. The van der Waals surface area contributed by atoms with Crippen molar-refractivity contribution in [1.82, 2.24) is 20.5 Å². The highest BCUT2D eigenvalue weighted by Gasteiger charge is 2.09. The van der Waals surface area contributed by atoms with Gasteiger partial charge in [0.25, 0.3) is 0 Å². The molecule has 7 nitrogen and oxygen atoms in total. The molecule has 26 heavy (non-hydrogen) atoms. The number of piperidine rings is 1. The van der Waals surface area contributed by atoms with E-state index >= 15 is 0 Å². The second kappa shape index (κ2) is 12.5. The number of aromatic nitrogens is 1. The molecule has 0 aromatic carbocycles. The first-order valence-corrected chi connectivity index (χ1v) is 9.63. The van der Waals surface area contributed by atoms with Gasteiger partial charge in [0, 0.05) is 39.0 Å². The van der Waals surface area contributed by atoms with Crippen molar-refractivity contribution in [3.05, 3.63) is 23.9 Å². The summed E-state index contributed by atoms with van der Waals surface area (Å²) in [6.45, 7) is 9.00. The molecule has 0 unspecified atom stereocenters. The first kappa shape index (κ1) is 20.5. The van der Waals surface area contributed by atoms with Gasteiger partial charge in [-0.3, -0.25) is 0 Å². The van der Waals surface area contributed by atoms with Gasteiger partial charge in [0.1, 0.15) is 6.61 Å². The fraction of sp³-hybridized carbons (Fsp3) is 0.684. The first-order chi connectivity index (χ1) is 12.8. The fourth-order valence-corrected chi connectivity index (χ4v) is 2.85. The third kappa shape index (κ3) is 8.01. The summed E-state index contributed by atoms with van der Waals surface area (Å²) in [7, 11) is 1.65. The number of nitrogens with zero attached hydrogens (tertiary/aromatic N) is 3. The van der Waals surface area contributed by atoms with Crippen LogP contribution < -0.4 is 15.4 Å². The Morgan fingerprint density at radius 2 is 2.04 bits per heavy atom. The first-order valence-electron chi connectivity index (χ1n) is 9.63. The number of ether oxygens (including phenoxy) is 2. The standard InChI is InChI=1S/C19H33N5O2/c1-3-20-19(21-9-12-24-10-5-4-6-11-24)23-16-17-7-8-18(22-15-17)26-14-13-25-2/h7-8,15H,3-6,9-14,16H2,1-2H3,(H2,20,21,23). The molecule has 0 saturated carbocycles. The normalized spacial score (nSPS) is 15.7.